The van der Waals surface area contributed by atoms with Gasteiger partial charge in [-0.1, -0.05) is 24.3 Å². The van der Waals surface area contributed by atoms with Crippen molar-refractivity contribution in [3.8, 4) is 5.75 Å². The van der Waals surface area contributed by atoms with Crippen LogP contribution < -0.4 is 10.5 Å². The van der Waals surface area contributed by atoms with E-state index in [0.29, 0.717) is 11.3 Å². The summed E-state index contributed by atoms with van der Waals surface area (Å²) in [6, 6.07) is 11.4. The van der Waals surface area contributed by atoms with Crippen LogP contribution in [0.15, 0.2) is 48.5 Å². The molecular formula is C15H14F3NO. The number of benzene rings is 2. The van der Waals surface area contributed by atoms with Gasteiger partial charge in [-0.15, -0.1) is 0 Å². The molecule has 0 aliphatic heterocycles. The van der Waals surface area contributed by atoms with Crippen LogP contribution in [0, 0.1) is 0 Å². The van der Waals surface area contributed by atoms with Gasteiger partial charge in [0.2, 0.25) is 0 Å². The molecule has 0 amide bonds. The molecule has 0 fully saturated rings. The number of methoxy groups -OCH3 is 1. The number of hydrogen-bond acceptors (Lipinski definition) is 2. The molecule has 0 bridgehead atoms. The van der Waals surface area contributed by atoms with Crippen molar-refractivity contribution in [2.45, 2.75) is 12.2 Å². The normalized spacial score (nSPS) is 13.1. The van der Waals surface area contributed by atoms with E-state index in [1.54, 1.807) is 37.4 Å². The Balaban J connectivity index is 2.30. The first-order valence-corrected chi connectivity index (χ1v) is 5.98. The van der Waals surface area contributed by atoms with E-state index in [9.17, 15) is 13.2 Å². The molecule has 2 rings (SSSR count). The maximum absolute atomic E-state index is 12.7. The lowest BCUT2D eigenvalue weighted by molar-refractivity contribution is -0.137. The Kier molecular flexibility index (Phi) is 3.99. The van der Waals surface area contributed by atoms with Crippen molar-refractivity contribution in [3.63, 3.8) is 0 Å². The van der Waals surface area contributed by atoms with Crippen molar-refractivity contribution in [1.82, 2.24) is 0 Å². The minimum atomic E-state index is -4.37. The highest BCUT2D eigenvalue weighted by Crippen LogP contribution is 2.31. The van der Waals surface area contributed by atoms with E-state index in [1.807, 2.05) is 0 Å². The first-order chi connectivity index (χ1) is 9.41. The van der Waals surface area contributed by atoms with E-state index in [-0.39, 0.29) is 0 Å². The van der Waals surface area contributed by atoms with Gasteiger partial charge in [-0.25, -0.2) is 0 Å². The van der Waals surface area contributed by atoms with Crippen LogP contribution in [-0.4, -0.2) is 7.11 Å². The van der Waals surface area contributed by atoms with Crippen molar-refractivity contribution in [1.29, 1.82) is 0 Å². The third-order valence-corrected chi connectivity index (χ3v) is 3.05. The summed E-state index contributed by atoms with van der Waals surface area (Å²) in [5, 5.41) is 0. The summed E-state index contributed by atoms with van der Waals surface area (Å²) in [4.78, 5) is 0. The molecule has 0 saturated carbocycles. The third-order valence-electron chi connectivity index (χ3n) is 3.05. The average Bonchev–Trinajstić information content (AvgIpc) is 2.46. The molecule has 20 heavy (non-hydrogen) atoms. The molecule has 0 aliphatic carbocycles. The van der Waals surface area contributed by atoms with E-state index < -0.39 is 17.8 Å². The molecule has 0 aliphatic rings. The van der Waals surface area contributed by atoms with Gasteiger partial charge in [0, 0.05) is 0 Å². The fraction of sp³-hybridized carbons (Fsp3) is 0.200. The van der Waals surface area contributed by atoms with Crippen molar-refractivity contribution in [3.05, 3.63) is 65.2 Å². The zero-order valence-electron chi connectivity index (χ0n) is 10.8. The standard InChI is InChI=1S/C15H14F3NO/c1-20-13-7-5-10(6-8-13)14(19)11-3-2-4-12(9-11)15(16,17)18/h2-9,14H,19H2,1H3. The second-order valence-electron chi connectivity index (χ2n) is 4.37. The van der Waals surface area contributed by atoms with E-state index in [4.69, 9.17) is 10.5 Å². The molecule has 5 heteroatoms. The fourth-order valence-electron chi connectivity index (χ4n) is 1.91. The summed E-state index contributed by atoms with van der Waals surface area (Å²) in [6.45, 7) is 0. The molecule has 0 heterocycles. The Morgan fingerprint density at radius 3 is 2.20 bits per heavy atom. The number of hydrogen-bond donors (Lipinski definition) is 1. The first kappa shape index (κ1) is 14.4. The molecule has 1 atom stereocenters. The van der Waals surface area contributed by atoms with Gasteiger partial charge in [0.15, 0.2) is 0 Å². The smallest absolute Gasteiger partial charge is 0.416 e. The van der Waals surface area contributed by atoms with E-state index in [1.165, 1.54) is 6.07 Å². The van der Waals surface area contributed by atoms with E-state index in [2.05, 4.69) is 0 Å². The molecule has 2 N–H and O–H groups in total. The van der Waals surface area contributed by atoms with E-state index in [0.717, 1.165) is 17.7 Å². The second kappa shape index (κ2) is 5.54. The van der Waals surface area contributed by atoms with Crippen molar-refractivity contribution < 1.29 is 17.9 Å². The average molecular weight is 281 g/mol. The van der Waals surface area contributed by atoms with Crippen LogP contribution in [0.4, 0.5) is 13.2 Å². The monoisotopic (exact) mass is 281 g/mol. The quantitative estimate of drug-likeness (QED) is 0.929. The zero-order chi connectivity index (χ0) is 14.8. The van der Waals surface area contributed by atoms with Crippen LogP contribution in [0.5, 0.6) is 5.75 Å². The Labute approximate surface area is 115 Å². The topological polar surface area (TPSA) is 35.2 Å². The SMILES string of the molecule is COc1ccc(C(N)c2cccc(C(F)(F)F)c2)cc1. The van der Waals surface area contributed by atoms with E-state index >= 15 is 0 Å². The molecule has 2 nitrogen and oxygen atoms in total. The molecule has 2 aromatic carbocycles. The number of rotatable bonds is 3. The number of nitrogens with two attached hydrogens (primary N) is 1. The largest absolute Gasteiger partial charge is 0.497 e. The van der Waals surface area contributed by atoms with Gasteiger partial charge in [-0.3, -0.25) is 0 Å². The van der Waals surface area contributed by atoms with Crippen molar-refractivity contribution >= 4 is 0 Å². The fourth-order valence-corrected chi connectivity index (χ4v) is 1.91. The van der Waals surface area contributed by atoms with Gasteiger partial charge in [0.1, 0.15) is 5.75 Å². The Hall–Kier alpha value is -2.01. The summed E-state index contributed by atoms with van der Waals surface area (Å²) in [6.07, 6.45) is -4.37. The maximum Gasteiger partial charge on any atom is 0.416 e. The van der Waals surface area contributed by atoms with Crippen molar-refractivity contribution in [2.24, 2.45) is 5.73 Å². The Morgan fingerprint density at radius 2 is 1.65 bits per heavy atom. The molecular weight excluding hydrogens is 267 g/mol. The summed E-state index contributed by atoms with van der Waals surface area (Å²) in [5.74, 6) is 0.671. The van der Waals surface area contributed by atoms with Crippen LogP contribution in [0.2, 0.25) is 0 Å². The summed E-state index contributed by atoms with van der Waals surface area (Å²) in [5.41, 5.74) is 6.46. The van der Waals surface area contributed by atoms with Crippen LogP contribution in [0.1, 0.15) is 22.7 Å². The summed E-state index contributed by atoms with van der Waals surface area (Å²) >= 11 is 0. The van der Waals surface area contributed by atoms with Gasteiger partial charge >= 0.3 is 6.18 Å². The van der Waals surface area contributed by atoms with Crippen molar-refractivity contribution in [2.75, 3.05) is 7.11 Å². The Morgan fingerprint density at radius 1 is 1.00 bits per heavy atom. The Bertz CT molecular complexity index is 578. The van der Waals surface area contributed by atoms with Gasteiger partial charge in [-0.2, -0.15) is 13.2 Å². The van der Waals surface area contributed by atoms with Gasteiger partial charge < -0.3 is 10.5 Å². The predicted octanol–water partition coefficient (Wildman–Crippen LogP) is 3.76. The third kappa shape index (κ3) is 3.11. The molecule has 2 aromatic rings. The molecule has 106 valence electrons. The minimum absolute atomic E-state index is 0.421. The second-order valence-corrected chi connectivity index (χ2v) is 4.37. The lowest BCUT2D eigenvalue weighted by atomic mass is 9.98. The molecule has 0 aromatic heterocycles. The molecule has 0 spiro atoms. The molecule has 0 saturated heterocycles. The van der Waals surface area contributed by atoms with Gasteiger partial charge in [0.25, 0.3) is 0 Å². The van der Waals surface area contributed by atoms with Gasteiger partial charge in [-0.05, 0) is 35.4 Å². The first-order valence-electron chi connectivity index (χ1n) is 5.98. The highest BCUT2D eigenvalue weighted by molar-refractivity contribution is 5.37. The lowest BCUT2D eigenvalue weighted by Gasteiger charge is -2.15. The zero-order valence-corrected chi connectivity index (χ0v) is 10.8. The number of ether oxygens (including phenoxy) is 1. The number of halogens is 3. The predicted molar refractivity (Wildman–Crippen MR) is 70.5 cm³/mol. The maximum atomic E-state index is 12.7. The summed E-state index contributed by atoms with van der Waals surface area (Å²) in [7, 11) is 1.54. The van der Waals surface area contributed by atoms with Crippen LogP contribution in [0.3, 0.4) is 0 Å². The molecule has 0 radical (unpaired) electrons. The highest BCUT2D eigenvalue weighted by Gasteiger charge is 2.30. The van der Waals surface area contributed by atoms with Crippen LogP contribution in [-0.2, 0) is 6.18 Å². The van der Waals surface area contributed by atoms with Gasteiger partial charge in [0.05, 0.1) is 18.7 Å². The van der Waals surface area contributed by atoms with Crippen LogP contribution in [0.25, 0.3) is 0 Å². The lowest BCUT2D eigenvalue weighted by Crippen LogP contribution is -2.13. The highest BCUT2D eigenvalue weighted by atomic mass is 19.4. The number of alkyl halides is 3. The summed E-state index contributed by atoms with van der Waals surface area (Å²) < 4.78 is 43.1. The minimum Gasteiger partial charge on any atom is -0.497 e. The molecule has 1 unspecified atom stereocenters. The van der Waals surface area contributed by atoms with Crippen LogP contribution >= 0.6 is 0 Å².